The third kappa shape index (κ3) is 2.20. The SMILES string of the molecule is Cc1ccc(F)cc1N1CC(=O)NC(C2CC2)C1=O. The van der Waals surface area contributed by atoms with Gasteiger partial charge < -0.3 is 10.2 Å². The highest BCUT2D eigenvalue weighted by molar-refractivity contribution is 6.07. The van der Waals surface area contributed by atoms with Gasteiger partial charge in [0.2, 0.25) is 11.8 Å². The summed E-state index contributed by atoms with van der Waals surface area (Å²) >= 11 is 0. The van der Waals surface area contributed by atoms with Crippen molar-refractivity contribution in [3.63, 3.8) is 0 Å². The molecule has 1 N–H and O–H groups in total. The molecule has 1 atom stereocenters. The van der Waals surface area contributed by atoms with Crippen molar-refractivity contribution < 1.29 is 14.0 Å². The van der Waals surface area contributed by atoms with E-state index in [1.807, 2.05) is 0 Å². The molecular weight excluding hydrogens is 247 g/mol. The van der Waals surface area contributed by atoms with E-state index in [2.05, 4.69) is 5.32 Å². The highest BCUT2D eigenvalue weighted by atomic mass is 19.1. The number of carbonyl (C=O) groups excluding carboxylic acids is 2. The minimum absolute atomic E-state index is 0.0354. The average molecular weight is 262 g/mol. The van der Waals surface area contributed by atoms with Gasteiger partial charge in [-0.3, -0.25) is 9.59 Å². The van der Waals surface area contributed by atoms with Crippen LogP contribution in [0.2, 0.25) is 0 Å². The zero-order chi connectivity index (χ0) is 13.6. The van der Waals surface area contributed by atoms with Gasteiger partial charge in [0.05, 0.1) is 5.69 Å². The average Bonchev–Trinajstić information content (AvgIpc) is 3.19. The van der Waals surface area contributed by atoms with Gasteiger partial charge in [0.15, 0.2) is 0 Å². The quantitative estimate of drug-likeness (QED) is 0.875. The van der Waals surface area contributed by atoms with Crippen LogP contribution in [0.15, 0.2) is 18.2 Å². The second kappa shape index (κ2) is 4.33. The second-order valence-electron chi connectivity index (χ2n) is 5.24. The Morgan fingerprint density at radius 3 is 2.74 bits per heavy atom. The Labute approximate surface area is 110 Å². The second-order valence-corrected chi connectivity index (χ2v) is 5.24. The Bertz CT molecular complexity index is 554. The maximum Gasteiger partial charge on any atom is 0.250 e. The van der Waals surface area contributed by atoms with E-state index in [0.717, 1.165) is 18.4 Å². The van der Waals surface area contributed by atoms with E-state index in [-0.39, 0.29) is 24.3 Å². The van der Waals surface area contributed by atoms with Gasteiger partial charge in [0.25, 0.3) is 0 Å². The van der Waals surface area contributed by atoms with Crippen LogP contribution in [0.5, 0.6) is 0 Å². The van der Waals surface area contributed by atoms with Gasteiger partial charge in [-0.05, 0) is 43.4 Å². The summed E-state index contributed by atoms with van der Waals surface area (Å²) in [5.74, 6) is -0.466. The Balaban J connectivity index is 1.95. The van der Waals surface area contributed by atoms with Crippen molar-refractivity contribution in [3.05, 3.63) is 29.6 Å². The first-order valence-corrected chi connectivity index (χ1v) is 6.43. The Kier molecular flexibility index (Phi) is 2.77. The lowest BCUT2D eigenvalue weighted by Gasteiger charge is -2.33. The lowest BCUT2D eigenvalue weighted by Crippen LogP contribution is -2.59. The van der Waals surface area contributed by atoms with E-state index >= 15 is 0 Å². The summed E-state index contributed by atoms with van der Waals surface area (Å²) in [5, 5.41) is 2.74. The lowest BCUT2D eigenvalue weighted by atomic mass is 10.1. The highest BCUT2D eigenvalue weighted by Gasteiger charge is 2.43. The number of nitrogens with zero attached hydrogens (tertiary/aromatic N) is 1. The molecule has 1 heterocycles. The molecule has 2 amide bonds. The van der Waals surface area contributed by atoms with Gasteiger partial charge in [0, 0.05) is 0 Å². The fourth-order valence-electron chi connectivity index (χ4n) is 2.50. The van der Waals surface area contributed by atoms with Crippen LogP contribution in [0.25, 0.3) is 0 Å². The first-order chi connectivity index (χ1) is 9.06. The Morgan fingerprint density at radius 2 is 2.05 bits per heavy atom. The monoisotopic (exact) mass is 262 g/mol. The van der Waals surface area contributed by atoms with E-state index < -0.39 is 11.9 Å². The van der Waals surface area contributed by atoms with Crippen LogP contribution in [-0.2, 0) is 9.59 Å². The van der Waals surface area contributed by atoms with Crippen LogP contribution in [0.1, 0.15) is 18.4 Å². The lowest BCUT2D eigenvalue weighted by molar-refractivity contribution is -0.131. The predicted octanol–water partition coefficient (Wildman–Crippen LogP) is 1.38. The van der Waals surface area contributed by atoms with Crippen molar-refractivity contribution in [2.24, 2.45) is 5.92 Å². The molecular formula is C14H15FN2O2. The van der Waals surface area contributed by atoms with E-state index in [1.165, 1.54) is 17.0 Å². The van der Waals surface area contributed by atoms with Gasteiger partial charge in [-0.2, -0.15) is 0 Å². The number of halogens is 1. The summed E-state index contributed by atoms with van der Waals surface area (Å²) in [6, 6.07) is 3.85. The standard InChI is InChI=1S/C14H15FN2O2/c1-8-2-5-10(15)6-11(8)17-7-12(18)16-13(14(17)19)9-3-4-9/h2,5-6,9,13H,3-4,7H2,1H3,(H,16,18). The van der Waals surface area contributed by atoms with E-state index in [4.69, 9.17) is 0 Å². The third-order valence-corrected chi connectivity index (χ3v) is 3.71. The van der Waals surface area contributed by atoms with Gasteiger partial charge in [-0.1, -0.05) is 6.07 Å². The molecule has 0 spiro atoms. The normalized spacial score (nSPS) is 23.5. The van der Waals surface area contributed by atoms with Crippen LogP contribution >= 0.6 is 0 Å². The van der Waals surface area contributed by atoms with Crippen molar-refractivity contribution in [2.75, 3.05) is 11.4 Å². The number of aryl methyl sites for hydroxylation is 1. The maximum absolute atomic E-state index is 13.4. The Morgan fingerprint density at radius 1 is 1.32 bits per heavy atom. The molecule has 1 aromatic carbocycles. The molecule has 19 heavy (non-hydrogen) atoms. The van der Waals surface area contributed by atoms with E-state index in [0.29, 0.717) is 5.69 Å². The number of piperazine rings is 1. The molecule has 1 aliphatic carbocycles. The van der Waals surface area contributed by atoms with Gasteiger partial charge in [-0.25, -0.2) is 4.39 Å². The van der Waals surface area contributed by atoms with Crippen molar-refractivity contribution in [3.8, 4) is 0 Å². The molecule has 2 fully saturated rings. The molecule has 100 valence electrons. The predicted molar refractivity (Wildman–Crippen MR) is 68.1 cm³/mol. The molecule has 0 aromatic heterocycles. The number of benzene rings is 1. The fourth-order valence-corrected chi connectivity index (χ4v) is 2.50. The minimum atomic E-state index is -0.441. The summed E-state index contributed by atoms with van der Waals surface area (Å²) in [6.07, 6.45) is 1.93. The topological polar surface area (TPSA) is 49.4 Å². The number of rotatable bonds is 2. The number of amides is 2. The first kappa shape index (κ1) is 12.1. The van der Waals surface area contributed by atoms with Crippen LogP contribution < -0.4 is 10.2 Å². The number of carbonyl (C=O) groups is 2. The van der Waals surface area contributed by atoms with Crippen LogP contribution in [0.4, 0.5) is 10.1 Å². The molecule has 1 saturated carbocycles. The summed E-state index contributed by atoms with van der Waals surface area (Å²) in [4.78, 5) is 25.5. The fraction of sp³-hybridized carbons (Fsp3) is 0.429. The smallest absolute Gasteiger partial charge is 0.250 e. The molecule has 4 nitrogen and oxygen atoms in total. The number of hydrogen-bond donors (Lipinski definition) is 1. The minimum Gasteiger partial charge on any atom is -0.342 e. The molecule has 3 rings (SSSR count). The molecule has 1 aliphatic heterocycles. The summed E-state index contributed by atoms with van der Waals surface area (Å²) in [5.41, 5.74) is 1.28. The number of hydrogen-bond acceptors (Lipinski definition) is 2. The first-order valence-electron chi connectivity index (χ1n) is 6.43. The van der Waals surface area contributed by atoms with E-state index in [9.17, 15) is 14.0 Å². The largest absolute Gasteiger partial charge is 0.342 e. The zero-order valence-electron chi connectivity index (χ0n) is 10.6. The molecule has 5 heteroatoms. The summed E-state index contributed by atoms with van der Waals surface area (Å²) in [6.45, 7) is 1.77. The highest BCUT2D eigenvalue weighted by Crippen LogP contribution is 2.35. The van der Waals surface area contributed by atoms with Crippen LogP contribution in [-0.4, -0.2) is 24.4 Å². The van der Waals surface area contributed by atoms with Gasteiger partial charge in [0.1, 0.15) is 18.4 Å². The van der Waals surface area contributed by atoms with E-state index in [1.54, 1.807) is 13.0 Å². The Hall–Kier alpha value is -1.91. The maximum atomic E-state index is 13.4. The van der Waals surface area contributed by atoms with Crippen LogP contribution in [0, 0.1) is 18.7 Å². The molecule has 1 aromatic rings. The van der Waals surface area contributed by atoms with Gasteiger partial charge >= 0.3 is 0 Å². The number of nitrogens with one attached hydrogen (secondary N) is 1. The number of anilines is 1. The third-order valence-electron chi connectivity index (χ3n) is 3.71. The van der Waals surface area contributed by atoms with Crippen molar-refractivity contribution in [1.82, 2.24) is 5.32 Å². The van der Waals surface area contributed by atoms with Gasteiger partial charge in [-0.15, -0.1) is 0 Å². The molecule has 1 unspecified atom stereocenters. The molecule has 0 radical (unpaired) electrons. The van der Waals surface area contributed by atoms with Crippen LogP contribution in [0.3, 0.4) is 0 Å². The molecule has 2 aliphatic rings. The summed E-state index contributed by atoms with van der Waals surface area (Å²) in [7, 11) is 0. The van der Waals surface area contributed by atoms with Crippen molar-refractivity contribution >= 4 is 17.5 Å². The summed E-state index contributed by atoms with van der Waals surface area (Å²) < 4.78 is 13.4. The van der Waals surface area contributed by atoms with Crippen molar-refractivity contribution in [1.29, 1.82) is 0 Å². The molecule has 1 saturated heterocycles. The zero-order valence-corrected chi connectivity index (χ0v) is 10.6. The molecule has 0 bridgehead atoms. The van der Waals surface area contributed by atoms with Crippen molar-refractivity contribution in [2.45, 2.75) is 25.8 Å².